The Morgan fingerprint density at radius 3 is 0.778 bits per heavy atom. The van der Waals surface area contributed by atoms with Crippen molar-refractivity contribution in [1.82, 2.24) is 0 Å². The summed E-state index contributed by atoms with van der Waals surface area (Å²) in [5, 5.41) is 0. The van der Waals surface area contributed by atoms with Gasteiger partial charge in [-0.25, -0.2) is 0 Å². The Balaban J connectivity index is -0.0000000720. The number of hydrogen-bond acceptors (Lipinski definition) is 0. The van der Waals surface area contributed by atoms with Crippen LogP contribution in [-0.4, -0.2) is 0 Å². The van der Waals surface area contributed by atoms with E-state index in [9.17, 15) is 0 Å². The molecule has 0 nitrogen and oxygen atoms in total. The van der Waals surface area contributed by atoms with Crippen molar-refractivity contribution in [3.8, 4) is 0 Å². The third-order valence-electron chi connectivity index (χ3n) is 0. The van der Waals surface area contributed by atoms with Gasteiger partial charge in [-0.05, 0) is 0 Å². The predicted molar refractivity (Wildman–Crippen MR) is 40.4 cm³/mol. The predicted octanol–water partition coefficient (Wildman–Crippen LogP) is 2.95. The van der Waals surface area contributed by atoms with Gasteiger partial charge in [0.15, 0.2) is 0 Å². The average Bonchev–Trinajstić information content (AvgIpc) is 1.25. The summed E-state index contributed by atoms with van der Waals surface area (Å²) in [5.74, 6) is 1.17. The summed E-state index contributed by atoms with van der Waals surface area (Å²) < 4.78 is 0. The van der Waals surface area contributed by atoms with Crippen LogP contribution in [0.1, 0.15) is 27.7 Å². The van der Waals surface area contributed by atoms with Crippen LogP contribution in [0.2, 0.25) is 0 Å². The molecule has 0 spiro atoms. The van der Waals surface area contributed by atoms with E-state index in [1.165, 1.54) is 0 Å². The fourth-order valence-corrected chi connectivity index (χ4v) is 0. The van der Waals surface area contributed by atoms with Crippen LogP contribution in [-0.2, 0) is 21.7 Å². The number of rotatable bonds is 0. The van der Waals surface area contributed by atoms with Crippen molar-refractivity contribution in [3.05, 3.63) is 13.8 Å². The quantitative estimate of drug-likeness (QED) is 0.379. The average molecular weight is 162 g/mol. The summed E-state index contributed by atoms with van der Waals surface area (Å²) in [4.78, 5) is 0. The zero-order valence-corrected chi connectivity index (χ0v) is 8.63. The van der Waals surface area contributed by atoms with E-state index in [0.29, 0.717) is 11.8 Å². The first-order valence-electron chi connectivity index (χ1n) is 3.13. The maximum Gasteiger partial charge on any atom is 2.00 e. The van der Waals surface area contributed by atoms with Crippen LogP contribution in [0.25, 0.3) is 0 Å². The van der Waals surface area contributed by atoms with Crippen molar-refractivity contribution in [2.24, 2.45) is 11.8 Å². The molecule has 0 fully saturated rings. The van der Waals surface area contributed by atoms with Gasteiger partial charge >= 0.3 is 21.7 Å². The minimum atomic E-state index is 0. The fraction of sp³-hybridized carbons (Fsp3) is 0.750. The second-order valence-corrected chi connectivity index (χ2v) is 2.79. The third-order valence-corrected chi connectivity index (χ3v) is 0. The molecule has 0 amide bonds. The standard InChI is InChI=1S/2C4H9.Ti/c2*1-4(2)3;/h2*4H,1H2,2-3H3;/q2*-1;+2. The molecule has 0 radical (unpaired) electrons. The first-order chi connectivity index (χ1) is 3.46. The van der Waals surface area contributed by atoms with Gasteiger partial charge in [-0.15, -0.1) is 0 Å². The summed E-state index contributed by atoms with van der Waals surface area (Å²) >= 11 is 0. The maximum atomic E-state index is 3.64. The van der Waals surface area contributed by atoms with E-state index in [1.54, 1.807) is 0 Å². The summed E-state index contributed by atoms with van der Waals surface area (Å²) in [6, 6.07) is 0. The van der Waals surface area contributed by atoms with Crippen molar-refractivity contribution in [3.63, 3.8) is 0 Å². The van der Waals surface area contributed by atoms with Crippen molar-refractivity contribution in [2.75, 3.05) is 0 Å². The van der Waals surface area contributed by atoms with Crippen LogP contribution in [0.15, 0.2) is 0 Å². The molecule has 0 aliphatic carbocycles. The molecule has 1 heteroatoms. The largest absolute Gasteiger partial charge is 2.00 e. The van der Waals surface area contributed by atoms with Crippen LogP contribution in [0.3, 0.4) is 0 Å². The van der Waals surface area contributed by atoms with E-state index in [0.717, 1.165) is 0 Å². The summed E-state index contributed by atoms with van der Waals surface area (Å²) in [6.07, 6.45) is 0. The summed E-state index contributed by atoms with van der Waals surface area (Å²) in [7, 11) is 0. The normalized spacial score (nSPS) is 8.00. The minimum absolute atomic E-state index is 0. The van der Waals surface area contributed by atoms with Gasteiger partial charge in [-0.2, -0.15) is 11.8 Å². The van der Waals surface area contributed by atoms with Gasteiger partial charge in [0.25, 0.3) is 0 Å². The first-order valence-corrected chi connectivity index (χ1v) is 3.13. The Morgan fingerprint density at radius 1 is 0.778 bits per heavy atom. The van der Waals surface area contributed by atoms with Crippen LogP contribution >= 0.6 is 0 Å². The smallest absolute Gasteiger partial charge is 0.341 e. The molecule has 0 atom stereocenters. The molecular formula is C8H18Ti. The van der Waals surface area contributed by atoms with E-state index in [2.05, 4.69) is 41.5 Å². The Morgan fingerprint density at radius 2 is 0.778 bits per heavy atom. The fourth-order valence-electron chi connectivity index (χ4n) is 0. The second kappa shape index (κ2) is 11.5. The first kappa shape index (κ1) is 16.4. The Kier molecular flexibility index (Phi) is 20.9. The van der Waals surface area contributed by atoms with Crippen LogP contribution in [0.4, 0.5) is 0 Å². The molecular weight excluding hydrogens is 144 g/mol. The SMILES string of the molecule is [CH2-]C(C)C.[CH2-]C(C)C.[Ti+2]. The molecule has 0 unspecified atom stereocenters. The second-order valence-electron chi connectivity index (χ2n) is 2.79. The zero-order chi connectivity index (χ0) is 7.15. The van der Waals surface area contributed by atoms with Crippen molar-refractivity contribution in [2.45, 2.75) is 27.7 Å². The van der Waals surface area contributed by atoms with Crippen LogP contribution in [0.5, 0.6) is 0 Å². The Bertz CT molecular complexity index is 20.0. The van der Waals surface area contributed by atoms with Crippen molar-refractivity contribution < 1.29 is 21.7 Å². The van der Waals surface area contributed by atoms with Gasteiger partial charge in [0.05, 0.1) is 0 Å². The van der Waals surface area contributed by atoms with Gasteiger partial charge in [0.1, 0.15) is 0 Å². The van der Waals surface area contributed by atoms with E-state index in [4.69, 9.17) is 0 Å². The van der Waals surface area contributed by atoms with Crippen molar-refractivity contribution >= 4 is 0 Å². The molecule has 0 N–H and O–H groups in total. The molecule has 0 aliphatic rings. The van der Waals surface area contributed by atoms with Gasteiger partial charge in [-0.1, -0.05) is 27.7 Å². The van der Waals surface area contributed by atoms with Gasteiger partial charge in [0.2, 0.25) is 0 Å². The molecule has 0 saturated carbocycles. The van der Waals surface area contributed by atoms with Crippen LogP contribution < -0.4 is 0 Å². The third kappa shape index (κ3) is 770. The topological polar surface area (TPSA) is 0 Å². The number of hydrogen-bond donors (Lipinski definition) is 0. The zero-order valence-electron chi connectivity index (χ0n) is 7.07. The molecule has 54 valence electrons. The molecule has 0 aromatic rings. The molecule has 0 aliphatic heterocycles. The van der Waals surface area contributed by atoms with Gasteiger partial charge in [0, 0.05) is 0 Å². The Hall–Kier alpha value is 0.714. The Labute approximate surface area is 75.3 Å². The molecule has 0 heterocycles. The monoisotopic (exact) mass is 162 g/mol. The molecule has 0 rings (SSSR count). The van der Waals surface area contributed by atoms with Gasteiger partial charge < -0.3 is 13.8 Å². The van der Waals surface area contributed by atoms with Gasteiger partial charge in [-0.3, -0.25) is 0 Å². The molecule has 0 bridgehead atoms. The summed E-state index contributed by atoms with van der Waals surface area (Å²) in [5.41, 5.74) is 0. The minimum Gasteiger partial charge on any atom is -0.341 e. The molecule has 0 aromatic carbocycles. The van der Waals surface area contributed by atoms with E-state index < -0.39 is 0 Å². The van der Waals surface area contributed by atoms with E-state index in [-0.39, 0.29) is 21.7 Å². The van der Waals surface area contributed by atoms with E-state index in [1.807, 2.05) is 0 Å². The molecule has 9 heavy (non-hydrogen) atoms. The van der Waals surface area contributed by atoms with E-state index >= 15 is 0 Å². The maximum absolute atomic E-state index is 3.64. The van der Waals surface area contributed by atoms with Crippen molar-refractivity contribution in [1.29, 1.82) is 0 Å². The molecule has 0 aromatic heterocycles. The summed E-state index contributed by atoms with van der Waals surface area (Å²) in [6.45, 7) is 15.5. The van der Waals surface area contributed by atoms with Crippen LogP contribution in [0, 0.1) is 25.7 Å². The molecule has 0 saturated heterocycles.